The van der Waals surface area contributed by atoms with Gasteiger partial charge >= 0.3 is 25.7 Å². The predicted octanol–water partition coefficient (Wildman–Crippen LogP) is 16.6. The summed E-state index contributed by atoms with van der Waals surface area (Å²) in [4.78, 5) is 48.5. The highest BCUT2D eigenvalue weighted by molar-refractivity contribution is 7.47. The maximum absolute atomic E-state index is 12.9. The minimum atomic E-state index is -4.78. The summed E-state index contributed by atoms with van der Waals surface area (Å²) >= 11 is 0. The van der Waals surface area contributed by atoms with E-state index >= 15 is 0 Å². The van der Waals surface area contributed by atoms with Gasteiger partial charge in [0.1, 0.15) is 12.7 Å². The highest BCUT2D eigenvalue weighted by atomic mass is 31.2. The number of hydrogen-bond acceptors (Lipinski definition) is 10. The van der Waals surface area contributed by atoms with Gasteiger partial charge in [0.2, 0.25) is 0 Å². The summed E-state index contributed by atoms with van der Waals surface area (Å²) in [5.74, 6) is -1.60. The molecule has 11 nitrogen and oxygen atoms in total. The van der Waals surface area contributed by atoms with Gasteiger partial charge in [0.15, 0.2) is 6.10 Å². The summed E-state index contributed by atoms with van der Waals surface area (Å²) < 4.78 is 39.4. The first kappa shape index (κ1) is 69.6. The molecule has 0 spiro atoms. The number of esters is 3. The second kappa shape index (κ2) is 54.9. The maximum Gasteiger partial charge on any atom is 0.472 e. The Balaban J connectivity index is 4.90. The largest absolute Gasteiger partial charge is 0.472 e. The standard InChI is InChI=1S/C62H99O11P/c1-4-7-10-13-16-19-22-25-27-29-31-34-36-39-42-45-48-51-60(64)69-55-59(73-62(66)53-50-47-44-41-38-35-32-30-28-26-23-20-17-14-11-8-5-2)57-71-74(67,68)70-56-58(54-63)72-61(65)52-49-46-43-40-37-33-24-21-18-15-12-9-6-3/h7-8,10-12,15-17,19-21,24-28,31-32,34-35,39,42,58-59,63H,4-6,9,13-14,18,22-23,29-30,33,36-38,40-41,43-57H2,1-3H3,(H,67,68)/b10-7-,11-8-,15-12-,19-16-,20-17-,24-21-,27-25-,28-26-,34-31-,35-32-,42-39-. The van der Waals surface area contributed by atoms with Gasteiger partial charge < -0.3 is 24.2 Å². The highest BCUT2D eigenvalue weighted by Gasteiger charge is 2.28. The van der Waals surface area contributed by atoms with Gasteiger partial charge in [-0.1, -0.05) is 193 Å². The van der Waals surface area contributed by atoms with Crippen LogP contribution in [-0.4, -0.2) is 66.5 Å². The number of rotatable bonds is 50. The van der Waals surface area contributed by atoms with E-state index < -0.39 is 57.8 Å². The van der Waals surface area contributed by atoms with E-state index in [-0.39, 0.29) is 25.9 Å². The molecule has 0 radical (unpaired) electrons. The van der Waals surface area contributed by atoms with E-state index in [0.717, 1.165) is 135 Å². The lowest BCUT2D eigenvalue weighted by molar-refractivity contribution is -0.161. The van der Waals surface area contributed by atoms with E-state index in [2.05, 4.69) is 148 Å². The van der Waals surface area contributed by atoms with E-state index in [4.69, 9.17) is 23.3 Å². The van der Waals surface area contributed by atoms with Crippen LogP contribution in [0.4, 0.5) is 0 Å². The molecule has 418 valence electrons. The predicted molar refractivity (Wildman–Crippen MR) is 306 cm³/mol. The Kier molecular flexibility index (Phi) is 51.6. The van der Waals surface area contributed by atoms with Crippen LogP contribution in [-0.2, 0) is 42.2 Å². The van der Waals surface area contributed by atoms with Gasteiger partial charge in [-0.25, -0.2) is 4.57 Å². The van der Waals surface area contributed by atoms with Crippen LogP contribution in [0, 0.1) is 0 Å². The molecule has 3 atom stereocenters. The molecular formula is C62H99O11P. The Hall–Kier alpha value is -4.38. The number of unbranched alkanes of at least 4 members (excludes halogenated alkanes) is 11. The van der Waals surface area contributed by atoms with Crippen molar-refractivity contribution in [2.24, 2.45) is 0 Å². The van der Waals surface area contributed by atoms with Crippen molar-refractivity contribution in [2.45, 2.75) is 213 Å². The summed E-state index contributed by atoms with van der Waals surface area (Å²) in [7, 11) is -4.78. The molecule has 0 saturated carbocycles. The molecule has 0 amide bonds. The Labute approximate surface area is 449 Å². The van der Waals surface area contributed by atoms with Crippen LogP contribution in [0.15, 0.2) is 134 Å². The van der Waals surface area contributed by atoms with Crippen LogP contribution < -0.4 is 0 Å². The molecule has 0 aromatic rings. The Bertz CT molecular complexity index is 1750. The van der Waals surface area contributed by atoms with Gasteiger partial charge in [0.25, 0.3) is 0 Å². The zero-order valence-electron chi connectivity index (χ0n) is 46.0. The molecule has 0 bridgehead atoms. The smallest absolute Gasteiger partial charge is 0.462 e. The Morgan fingerprint density at radius 1 is 0.392 bits per heavy atom. The highest BCUT2D eigenvalue weighted by Crippen LogP contribution is 2.43. The summed E-state index contributed by atoms with van der Waals surface area (Å²) in [6.07, 6.45) is 68.5. The van der Waals surface area contributed by atoms with E-state index in [9.17, 15) is 28.9 Å². The summed E-state index contributed by atoms with van der Waals surface area (Å²) in [5, 5.41) is 9.80. The number of allylic oxidation sites excluding steroid dienone is 22. The van der Waals surface area contributed by atoms with Crippen molar-refractivity contribution in [1.29, 1.82) is 0 Å². The average molecular weight is 1050 g/mol. The van der Waals surface area contributed by atoms with Crippen molar-refractivity contribution in [3.8, 4) is 0 Å². The third kappa shape index (κ3) is 52.5. The second-order valence-electron chi connectivity index (χ2n) is 18.0. The van der Waals surface area contributed by atoms with Crippen LogP contribution in [0.3, 0.4) is 0 Å². The van der Waals surface area contributed by atoms with E-state index in [1.165, 1.54) is 0 Å². The van der Waals surface area contributed by atoms with Gasteiger partial charge in [-0.15, -0.1) is 0 Å². The molecular weight excluding hydrogens is 952 g/mol. The van der Waals surface area contributed by atoms with Gasteiger partial charge in [0, 0.05) is 19.3 Å². The number of carbonyl (C=O) groups excluding carboxylic acids is 3. The second-order valence-corrected chi connectivity index (χ2v) is 19.4. The van der Waals surface area contributed by atoms with Crippen LogP contribution in [0.2, 0.25) is 0 Å². The van der Waals surface area contributed by atoms with Crippen LogP contribution in [0.1, 0.15) is 201 Å². The molecule has 0 saturated heterocycles. The van der Waals surface area contributed by atoms with Crippen molar-refractivity contribution in [3.63, 3.8) is 0 Å². The number of hydrogen-bond donors (Lipinski definition) is 2. The normalized spacial score (nSPS) is 14.4. The topological polar surface area (TPSA) is 155 Å². The first-order valence-corrected chi connectivity index (χ1v) is 29.6. The lowest BCUT2D eigenvalue weighted by Crippen LogP contribution is -2.30. The van der Waals surface area contributed by atoms with E-state index in [1.807, 2.05) is 6.08 Å². The molecule has 0 aromatic carbocycles. The molecule has 0 aliphatic carbocycles. The summed E-state index contributed by atoms with van der Waals surface area (Å²) in [6.45, 7) is 4.21. The van der Waals surface area contributed by atoms with Crippen LogP contribution in [0.5, 0.6) is 0 Å². The number of phosphoric ester groups is 1. The van der Waals surface area contributed by atoms with Gasteiger partial charge in [-0.05, 0) is 122 Å². The molecule has 0 aromatic heterocycles. The zero-order chi connectivity index (χ0) is 54.1. The number of aliphatic hydroxyl groups is 1. The Morgan fingerprint density at radius 2 is 0.716 bits per heavy atom. The molecule has 0 rings (SSSR count). The van der Waals surface area contributed by atoms with Gasteiger partial charge in [0.05, 0.1) is 19.8 Å². The summed E-state index contributed by atoms with van der Waals surface area (Å²) in [5.41, 5.74) is 0. The van der Waals surface area contributed by atoms with Crippen molar-refractivity contribution >= 4 is 25.7 Å². The molecule has 0 fully saturated rings. The number of aliphatic hydroxyl groups excluding tert-OH is 1. The fourth-order valence-electron chi connectivity index (χ4n) is 6.83. The molecule has 74 heavy (non-hydrogen) atoms. The molecule has 3 unspecified atom stereocenters. The number of ether oxygens (including phenoxy) is 3. The quantitative estimate of drug-likeness (QED) is 0.0197. The Morgan fingerprint density at radius 3 is 1.12 bits per heavy atom. The minimum Gasteiger partial charge on any atom is -0.462 e. The first-order chi connectivity index (χ1) is 36.2. The first-order valence-electron chi connectivity index (χ1n) is 28.1. The zero-order valence-corrected chi connectivity index (χ0v) is 46.9. The SMILES string of the molecule is CC/C=C\C/C=C\C/C=C\C/C=C\C/C=C\CCCC(=O)OCC(COP(=O)(O)OCC(CO)OC(=O)CCCCCCC/C=C\C/C=C\CCC)OC(=O)CCCCCC/C=C\C/C=C\C/C=C\C/C=C\CC. The molecule has 0 aliphatic rings. The average Bonchev–Trinajstić information content (AvgIpc) is 3.39. The molecule has 2 N–H and O–H groups in total. The maximum atomic E-state index is 12.9. The van der Waals surface area contributed by atoms with Crippen molar-refractivity contribution in [1.82, 2.24) is 0 Å². The fourth-order valence-corrected chi connectivity index (χ4v) is 7.61. The number of carbonyl (C=O) groups is 3. The van der Waals surface area contributed by atoms with E-state index in [0.29, 0.717) is 25.7 Å². The molecule has 0 aliphatic heterocycles. The third-order valence-corrected chi connectivity index (χ3v) is 12.0. The van der Waals surface area contributed by atoms with Gasteiger partial charge in [-0.3, -0.25) is 23.4 Å². The monoisotopic (exact) mass is 1050 g/mol. The van der Waals surface area contributed by atoms with Gasteiger partial charge in [-0.2, -0.15) is 0 Å². The fraction of sp³-hybridized carbons (Fsp3) is 0.597. The van der Waals surface area contributed by atoms with Crippen molar-refractivity contribution in [2.75, 3.05) is 26.4 Å². The minimum absolute atomic E-state index is 0.119. The summed E-state index contributed by atoms with van der Waals surface area (Å²) in [6, 6.07) is 0. The lowest BCUT2D eigenvalue weighted by atomic mass is 10.1. The molecule has 12 heteroatoms. The molecule has 0 heterocycles. The van der Waals surface area contributed by atoms with Crippen LogP contribution in [0.25, 0.3) is 0 Å². The van der Waals surface area contributed by atoms with E-state index in [1.54, 1.807) is 0 Å². The van der Waals surface area contributed by atoms with Crippen LogP contribution >= 0.6 is 7.82 Å². The van der Waals surface area contributed by atoms with Crippen molar-refractivity contribution in [3.05, 3.63) is 134 Å². The van der Waals surface area contributed by atoms with Crippen molar-refractivity contribution < 1.29 is 52.2 Å². The lowest BCUT2D eigenvalue weighted by Gasteiger charge is -2.21. The third-order valence-electron chi connectivity index (χ3n) is 11.0. The number of phosphoric acid groups is 1.